The van der Waals surface area contributed by atoms with Gasteiger partial charge in [0, 0.05) is 12.6 Å². The minimum absolute atomic E-state index is 0.0129. The summed E-state index contributed by atoms with van der Waals surface area (Å²) in [5.41, 5.74) is 0. The molecule has 0 aromatic heterocycles. The van der Waals surface area contributed by atoms with Crippen LogP contribution in [0.15, 0.2) is 35.2 Å². The second-order valence-electron chi connectivity index (χ2n) is 3.98. The maximum atomic E-state index is 12.0. The summed E-state index contributed by atoms with van der Waals surface area (Å²) < 4.78 is 26.6. The number of sulfonamides is 1. The molecule has 1 aromatic rings. The first-order valence-corrected chi connectivity index (χ1v) is 6.95. The minimum atomic E-state index is -3.35. The summed E-state index contributed by atoms with van der Waals surface area (Å²) in [7, 11) is -3.35. The summed E-state index contributed by atoms with van der Waals surface area (Å²) in [5.74, 6) is 0. The fourth-order valence-electron chi connectivity index (χ4n) is 1.84. The highest BCUT2D eigenvalue weighted by Crippen LogP contribution is 2.10. The van der Waals surface area contributed by atoms with Crippen LogP contribution in [-0.4, -0.2) is 27.5 Å². The molecule has 1 aliphatic heterocycles. The van der Waals surface area contributed by atoms with Gasteiger partial charge < -0.3 is 5.32 Å². The van der Waals surface area contributed by atoms with Gasteiger partial charge in [0.1, 0.15) is 0 Å². The van der Waals surface area contributed by atoms with E-state index in [4.69, 9.17) is 0 Å². The van der Waals surface area contributed by atoms with E-state index in [1.807, 2.05) is 0 Å². The standard InChI is InChI=1S/C11H16N2O2S/c14-16(15,11-6-2-1-3-7-11)13-10-5-4-8-12-9-10/h1-3,6-7,10,12-13H,4-5,8-9H2/t10-/m1/s1. The highest BCUT2D eigenvalue weighted by atomic mass is 32.2. The fraction of sp³-hybridized carbons (Fsp3) is 0.455. The van der Waals surface area contributed by atoms with E-state index in [2.05, 4.69) is 10.0 Å². The predicted molar refractivity (Wildman–Crippen MR) is 62.7 cm³/mol. The number of benzene rings is 1. The summed E-state index contributed by atoms with van der Waals surface area (Å²) in [4.78, 5) is 0.334. The van der Waals surface area contributed by atoms with Crippen molar-refractivity contribution in [1.82, 2.24) is 10.0 Å². The molecule has 16 heavy (non-hydrogen) atoms. The van der Waals surface area contributed by atoms with Crippen LogP contribution in [0.5, 0.6) is 0 Å². The Balaban J connectivity index is 2.08. The quantitative estimate of drug-likeness (QED) is 0.818. The van der Waals surface area contributed by atoms with Gasteiger partial charge in [0.25, 0.3) is 0 Å². The number of piperidine rings is 1. The summed E-state index contributed by atoms with van der Waals surface area (Å²) in [6.45, 7) is 1.69. The maximum Gasteiger partial charge on any atom is 0.240 e. The van der Waals surface area contributed by atoms with Crippen molar-refractivity contribution in [2.24, 2.45) is 0 Å². The first kappa shape index (κ1) is 11.6. The lowest BCUT2D eigenvalue weighted by molar-refractivity contribution is 0.428. The highest BCUT2D eigenvalue weighted by molar-refractivity contribution is 7.89. The van der Waals surface area contributed by atoms with E-state index in [0.717, 1.165) is 19.4 Å². The van der Waals surface area contributed by atoms with Crippen molar-refractivity contribution in [3.05, 3.63) is 30.3 Å². The Hall–Kier alpha value is -0.910. The minimum Gasteiger partial charge on any atom is -0.315 e. The Kier molecular flexibility index (Phi) is 3.58. The van der Waals surface area contributed by atoms with Crippen molar-refractivity contribution < 1.29 is 8.42 Å². The van der Waals surface area contributed by atoms with Crippen LogP contribution in [0.1, 0.15) is 12.8 Å². The van der Waals surface area contributed by atoms with Crippen molar-refractivity contribution in [2.45, 2.75) is 23.8 Å². The molecule has 0 unspecified atom stereocenters. The van der Waals surface area contributed by atoms with Crippen LogP contribution in [0.4, 0.5) is 0 Å². The zero-order chi connectivity index (χ0) is 11.4. The van der Waals surface area contributed by atoms with Gasteiger partial charge in [0.05, 0.1) is 4.90 Å². The Labute approximate surface area is 96.1 Å². The number of hydrogen-bond donors (Lipinski definition) is 2. The molecule has 1 aliphatic rings. The van der Waals surface area contributed by atoms with Gasteiger partial charge in [-0.2, -0.15) is 0 Å². The van der Waals surface area contributed by atoms with Gasteiger partial charge in [0.15, 0.2) is 0 Å². The van der Waals surface area contributed by atoms with Crippen LogP contribution < -0.4 is 10.0 Å². The molecule has 0 spiro atoms. The van der Waals surface area contributed by atoms with Gasteiger partial charge in [-0.3, -0.25) is 0 Å². The Morgan fingerprint density at radius 3 is 2.62 bits per heavy atom. The molecule has 0 aliphatic carbocycles. The highest BCUT2D eigenvalue weighted by Gasteiger charge is 2.20. The van der Waals surface area contributed by atoms with Gasteiger partial charge in [-0.05, 0) is 31.5 Å². The molecular weight excluding hydrogens is 224 g/mol. The molecule has 0 bridgehead atoms. The summed E-state index contributed by atoms with van der Waals surface area (Å²) in [6.07, 6.45) is 1.92. The Morgan fingerprint density at radius 1 is 1.25 bits per heavy atom. The van der Waals surface area contributed by atoms with E-state index in [9.17, 15) is 8.42 Å². The topological polar surface area (TPSA) is 58.2 Å². The molecule has 1 saturated heterocycles. The van der Waals surface area contributed by atoms with Gasteiger partial charge in [-0.1, -0.05) is 18.2 Å². The number of rotatable bonds is 3. The number of nitrogens with one attached hydrogen (secondary N) is 2. The average molecular weight is 240 g/mol. The zero-order valence-corrected chi connectivity index (χ0v) is 9.83. The van der Waals surface area contributed by atoms with E-state index >= 15 is 0 Å². The Bertz CT molecular complexity index is 425. The molecular formula is C11H16N2O2S. The van der Waals surface area contributed by atoms with E-state index in [1.54, 1.807) is 30.3 Å². The SMILES string of the molecule is O=S(=O)(N[C@@H]1CCCNC1)c1ccccc1. The summed E-state index contributed by atoms with van der Waals surface area (Å²) in [6, 6.07) is 8.50. The molecule has 1 aromatic carbocycles. The monoisotopic (exact) mass is 240 g/mol. The normalized spacial score (nSPS) is 21.9. The lowest BCUT2D eigenvalue weighted by atomic mass is 10.1. The lowest BCUT2D eigenvalue weighted by Gasteiger charge is -2.23. The van der Waals surface area contributed by atoms with Crippen LogP contribution in [0.3, 0.4) is 0 Å². The molecule has 1 heterocycles. The van der Waals surface area contributed by atoms with E-state index in [0.29, 0.717) is 11.4 Å². The van der Waals surface area contributed by atoms with E-state index in [1.165, 1.54) is 0 Å². The third-order valence-corrected chi connectivity index (χ3v) is 4.21. The second-order valence-corrected chi connectivity index (χ2v) is 5.69. The summed E-state index contributed by atoms with van der Waals surface area (Å²) >= 11 is 0. The van der Waals surface area contributed by atoms with Crippen LogP contribution in [0.25, 0.3) is 0 Å². The van der Waals surface area contributed by atoms with Gasteiger partial charge in [-0.15, -0.1) is 0 Å². The van der Waals surface area contributed by atoms with E-state index in [-0.39, 0.29) is 6.04 Å². The fourth-order valence-corrected chi connectivity index (χ4v) is 3.13. The van der Waals surface area contributed by atoms with Crippen LogP contribution in [-0.2, 0) is 10.0 Å². The molecule has 2 N–H and O–H groups in total. The third kappa shape index (κ3) is 2.81. The first-order valence-electron chi connectivity index (χ1n) is 5.46. The molecule has 4 nitrogen and oxygen atoms in total. The number of hydrogen-bond acceptors (Lipinski definition) is 3. The van der Waals surface area contributed by atoms with Gasteiger partial charge in [0.2, 0.25) is 10.0 Å². The molecule has 1 fully saturated rings. The van der Waals surface area contributed by atoms with Crippen molar-refractivity contribution in [3.8, 4) is 0 Å². The first-order chi connectivity index (χ1) is 7.68. The smallest absolute Gasteiger partial charge is 0.240 e. The predicted octanol–water partition coefficient (Wildman–Crippen LogP) is 0.717. The molecule has 88 valence electrons. The molecule has 5 heteroatoms. The van der Waals surface area contributed by atoms with Crippen LogP contribution in [0, 0.1) is 0 Å². The largest absolute Gasteiger partial charge is 0.315 e. The zero-order valence-electron chi connectivity index (χ0n) is 9.02. The van der Waals surface area contributed by atoms with Crippen molar-refractivity contribution in [2.75, 3.05) is 13.1 Å². The summed E-state index contributed by atoms with van der Waals surface area (Å²) in [5, 5.41) is 3.18. The lowest BCUT2D eigenvalue weighted by Crippen LogP contribution is -2.45. The van der Waals surface area contributed by atoms with Gasteiger partial charge >= 0.3 is 0 Å². The molecule has 0 amide bonds. The molecule has 2 rings (SSSR count). The molecule has 0 saturated carbocycles. The molecule has 1 atom stereocenters. The molecule has 0 radical (unpaired) electrons. The Morgan fingerprint density at radius 2 is 2.00 bits per heavy atom. The van der Waals surface area contributed by atoms with E-state index < -0.39 is 10.0 Å². The maximum absolute atomic E-state index is 12.0. The average Bonchev–Trinajstić information content (AvgIpc) is 2.31. The van der Waals surface area contributed by atoms with Crippen LogP contribution >= 0.6 is 0 Å². The van der Waals surface area contributed by atoms with Crippen molar-refractivity contribution >= 4 is 10.0 Å². The van der Waals surface area contributed by atoms with Crippen LogP contribution in [0.2, 0.25) is 0 Å². The van der Waals surface area contributed by atoms with Crippen molar-refractivity contribution in [1.29, 1.82) is 0 Å². The second kappa shape index (κ2) is 4.95. The third-order valence-electron chi connectivity index (χ3n) is 2.67. The van der Waals surface area contributed by atoms with Crippen molar-refractivity contribution in [3.63, 3.8) is 0 Å². The van der Waals surface area contributed by atoms with Gasteiger partial charge in [-0.25, -0.2) is 13.1 Å².